The molecule has 0 saturated heterocycles. The predicted molar refractivity (Wildman–Crippen MR) is 56.1 cm³/mol. The van der Waals surface area contributed by atoms with E-state index in [-0.39, 0.29) is 5.76 Å². The lowest BCUT2D eigenvalue weighted by atomic mass is 10.1. The highest BCUT2D eigenvalue weighted by Crippen LogP contribution is 2.32. The van der Waals surface area contributed by atoms with E-state index >= 15 is 0 Å². The van der Waals surface area contributed by atoms with Crippen molar-refractivity contribution in [2.75, 3.05) is 0 Å². The molecular weight excluding hydrogens is 200 g/mol. The van der Waals surface area contributed by atoms with E-state index in [0.717, 1.165) is 16.5 Å². The van der Waals surface area contributed by atoms with Crippen LogP contribution in [0.4, 0.5) is 0 Å². The minimum Gasteiger partial charge on any atom is -0.451 e. The van der Waals surface area contributed by atoms with E-state index < -0.39 is 0 Å². The van der Waals surface area contributed by atoms with Gasteiger partial charge in [-0.15, -0.1) is 0 Å². The summed E-state index contributed by atoms with van der Waals surface area (Å²) in [4.78, 5) is 10.6. The smallest absolute Gasteiger partial charge is 0.186 e. The van der Waals surface area contributed by atoms with Crippen molar-refractivity contribution in [2.45, 2.75) is 13.8 Å². The fraction of sp³-hybridized carbons (Fsp3) is 0.182. The van der Waals surface area contributed by atoms with Gasteiger partial charge in [0.15, 0.2) is 12.0 Å². The van der Waals surface area contributed by atoms with Crippen LogP contribution in [0.5, 0.6) is 0 Å². The lowest BCUT2D eigenvalue weighted by Crippen LogP contribution is -1.79. The normalized spacial score (nSPS) is 10.8. The number of aryl methyl sites for hydroxylation is 2. The van der Waals surface area contributed by atoms with E-state index in [1.165, 1.54) is 0 Å². The van der Waals surface area contributed by atoms with Crippen LogP contribution < -0.4 is 0 Å². The molecule has 0 amide bonds. The Morgan fingerprint density at radius 3 is 2.71 bits per heavy atom. The fourth-order valence-electron chi connectivity index (χ4n) is 1.46. The molecule has 1 heterocycles. The molecule has 14 heavy (non-hydrogen) atoms. The first kappa shape index (κ1) is 9.28. The van der Waals surface area contributed by atoms with Gasteiger partial charge in [0.2, 0.25) is 0 Å². The van der Waals surface area contributed by atoms with E-state index in [4.69, 9.17) is 16.0 Å². The highest BCUT2D eigenvalue weighted by Gasteiger charge is 2.13. The first-order chi connectivity index (χ1) is 6.65. The molecule has 1 aromatic carbocycles. The summed E-state index contributed by atoms with van der Waals surface area (Å²) in [5.74, 6) is 0.204. The minimum atomic E-state index is 0.204. The van der Waals surface area contributed by atoms with Gasteiger partial charge in [0.05, 0.1) is 5.02 Å². The van der Waals surface area contributed by atoms with Gasteiger partial charge in [-0.25, -0.2) is 0 Å². The molecule has 0 atom stereocenters. The molecule has 0 spiro atoms. The molecule has 72 valence electrons. The second kappa shape index (κ2) is 3.14. The molecule has 0 N–H and O–H groups in total. The van der Waals surface area contributed by atoms with Crippen LogP contribution >= 0.6 is 11.6 Å². The first-order valence-corrected chi connectivity index (χ1v) is 4.66. The van der Waals surface area contributed by atoms with Crippen molar-refractivity contribution in [3.8, 4) is 0 Å². The average molecular weight is 209 g/mol. The van der Waals surface area contributed by atoms with Crippen molar-refractivity contribution in [3.05, 3.63) is 34.0 Å². The third-order valence-corrected chi connectivity index (χ3v) is 2.84. The zero-order valence-corrected chi connectivity index (χ0v) is 8.68. The van der Waals surface area contributed by atoms with Crippen LogP contribution in [-0.2, 0) is 0 Å². The number of carbonyl (C=O) groups is 1. The Kier molecular flexibility index (Phi) is 2.08. The second-order valence-electron chi connectivity index (χ2n) is 3.28. The van der Waals surface area contributed by atoms with Crippen LogP contribution in [0.2, 0.25) is 5.02 Å². The molecule has 0 aliphatic carbocycles. The van der Waals surface area contributed by atoms with Gasteiger partial charge in [0, 0.05) is 5.39 Å². The Labute approximate surface area is 86.5 Å². The number of rotatable bonds is 1. The molecule has 0 unspecified atom stereocenters. The van der Waals surface area contributed by atoms with Crippen molar-refractivity contribution < 1.29 is 9.21 Å². The summed E-state index contributed by atoms with van der Waals surface area (Å²) in [6.07, 6.45) is 0.636. The maximum Gasteiger partial charge on any atom is 0.186 e. The molecule has 0 bridgehead atoms. The lowest BCUT2D eigenvalue weighted by molar-refractivity contribution is 0.110. The topological polar surface area (TPSA) is 30.2 Å². The van der Waals surface area contributed by atoms with Crippen molar-refractivity contribution in [1.82, 2.24) is 0 Å². The summed E-state index contributed by atoms with van der Waals surface area (Å²) in [5, 5.41) is 1.20. The first-order valence-electron chi connectivity index (χ1n) is 4.28. The van der Waals surface area contributed by atoms with E-state index in [9.17, 15) is 4.79 Å². The van der Waals surface area contributed by atoms with Crippen LogP contribution in [0.3, 0.4) is 0 Å². The van der Waals surface area contributed by atoms with Crippen molar-refractivity contribution in [1.29, 1.82) is 0 Å². The lowest BCUT2D eigenvalue weighted by Gasteiger charge is -1.98. The van der Waals surface area contributed by atoms with E-state index in [1.54, 1.807) is 0 Å². The average Bonchev–Trinajstić information content (AvgIpc) is 2.50. The minimum absolute atomic E-state index is 0.204. The van der Waals surface area contributed by atoms with Gasteiger partial charge in [-0.2, -0.15) is 0 Å². The highest BCUT2D eigenvalue weighted by atomic mass is 35.5. The molecule has 2 nitrogen and oxygen atoms in total. The van der Waals surface area contributed by atoms with Crippen molar-refractivity contribution >= 4 is 28.9 Å². The molecule has 0 fully saturated rings. The van der Waals surface area contributed by atoms with Crippen molar-refractivity contribution in [3.63, 3.8) is 0 Å². The number of fused-ring (bicyclic) bond motifs is 1. The van der Waals surface area contributed by atoms with E-state index in [2.05, 4.69) is 0 Å². The molecule has 2 aromatic rings. The Balaban J connectivity index is 2.91. The molecule has 2 rings (SSSR count). The van der Waals surface area contributed by atoms with Crippen LogP contribution in [0.25, 0.3) is 11.0 Å². The van der Waals surface area contributed by atoms with Gasteiger partial charge < -0.3 is 4.42 Å². The summed E-state index contributed by atoms with van der Waals surface area (Å²) in [7, 11) is 0. The molecule has 0 saturated carbocycles. The van der Waals surface area contributed by atoms with Gasteiger partial charge in [0.25, 0.3) is 0 Å². The number of hydrogen-bond donors (Lipinski definition) is 0. The maximum atomic E-state index is 10.6. The van der Waals surface area contributed by atoms with Gasteiger partial charge in [-0.05, 0) is 31.0 Å². The predicted octanol–water partition coefficient (Wildman–Crippen LogP) is 3.52. The SMILES string of the molecule is Cc1ccc2c(Cl)c(C=O)oc2c1C. The number of benzene rings is 1. The standard InChI is InChI=1S/C11H9ClO2/c1-6-3-4-8-10(12)9(5-13)14-11(8)7(6)2/h3-5H,1-2H3. The third kappa shape index (κ3) is 1.15. The summed E-state index contributed by atoms with van der Waals surface area (Å²) >= 11 is 5.96. The molecule has 0 aliphatic heterocycles. The van der Waals surface area contributed by atoms with Crippen molar-refractivity contribution in [2.24, 2.45) is 0 Å². The quantitative estimate of drug-likeness (QED) is 0.672. The second-order valence-corrected chi connectivity index (χ2v) is 3.66. The summed E-state index contributed by atoms with van der Waals surface area (Å²) in [5.41, 5.74) is 2.86. The summed E-state index contributed by atoms with van der Waals surface area (Å²) < 4.78 is 5.36. The summed E-state index contributed by atoms with van der Waals surface area (Å²) in [6.45, 7) is 3.94. The van der Waals surface area contributed by atoms with Gasteiger partial charge >= 0.3 is 0 Å². The maximum absolute atomic E-state index is 10.6. The number of furan rings is 1. The van der Waals surface area contributed by atoms with Gasteiger partial charge in [0.1, 0.15) is 5.58 Å². The van der Waals surface area contributed by atoms with Crippen LogP contribution in [0.1, 0.15) is 21.7 Å². The highest BCUT2D eigenvalue weighted by molar-refractivity contribution is 6.37. The number of halogens is 1. The molecule has 3 heteroatoms. The van der Waals surface area contributed by atoms with E-state index in [0.29, 0.717) is 16.9 Å². The molecule has 1 aromatic heterocycles. The van der Waals surface area contributed by atoms with Crippen LogP contribution in [0, 0.1) is 13.8 Å². The Bertz CT molecular complexity index is 511. The Hall–Kier alpha value is -1.28. The third-order valence-electron chi connectivity index (χ3n) is 2.45. The van der Waals surface area contributed by atoms with Gasteiger partial charge in [-0.3, -0.25) is 4.79 Å². The van der Waals surface area contributed by atoms with E-state index in [1.807, 2.05) is 26.0 Å². The fourth-order valence-corrected chi connectivity index (χ4v) is 1.69. The number of carbonyl (C=O) groups excluding carboxylic acids is 1. The Morgan fingerprint density at radius 1 is 1.36 bits per heavy atom. The zero-order chi connectivity index (χ0) is 10.3. The number of hydrogen-bond acceptors (Lipinski definition) is 2. The largest absolute Gasteiger partial charge is 0.451 e. The van der Waals surface area contributed by atoms with Gasteiger partial charge in [-0.1, -0.05) is 17.7 Å². The summed E-state index contributed by atoms with van der Waals surface area (Å²) in [6, 6.07) is 3.84. The monoisotopic (exact) mass is 208 g/mol. The molecule has 0 radical (unpaired) electrons. The van der Waals surface area contributed by atoms with Crippen LogP contribution in [0.15, 0.2) is 16.5 Å². The molecular formula is C11H9ClO2. The zero-order valence-electron chi connectivity index (χ0n) is 7.93. The molecule has 0 aliphatic rings. The number of aldehydes is 1. The van der Waals surface area contributed by atoms with Crippen LogP contribution in [-0.4, -0.2) is 6.29 Å². The Morgan fingerprint density at radius 2 is 2.07 bits per heavy atom.